The number of alkyl halides is 1. The van der Waals surface area contributed by atoms with Crippen LogP contribution in [0.3, 0.4) is 0 Å². The number of rotatable bonds is 10. The molecular formula is C23H38Cl2N6O3. The molecule has 3 aromatic rings. The highest BCUT2D eigenvalue weighted by Crippen LogP contribution is 2.05. The van der Waals surface area contributed by atoms with Gasteiger partial charge in [-0.05, 0) is 44.4 Å². The second-order valence-electron chi connectivity index (χ2n) is 7.31. The van der Waals surface area contributed by atoms with E-state index in [0.717, 1.165) is 67.0 Å². The number of esters is 1. The minimum Gasteiger partial charge on any atom is -0.461 e. The predicted octanol–water partition coefficient (Wildman–Crippen LogP) is 4.92. The number of halogens is 2. The molecule has 0 saturated heterocycles. The Hall–Kier alpha value is -2.36. The molecule has 11 heteroatoms. The maximum Gasteiger partial charge on any atom is 0.358 e. The average molecular weight is 518 g/mol. The molecule has 0 aliphatic carbocycles. The van der Waals surface area contributed by atoms with Crippen LogP contribution in [0.25, 0.3) is 0 Å². The van der Waals surface area contributed by atoms with Crippen LogP contribution in [0.4, 0.5) is 0 Å². The van der Waals surface area contributed by atoms with E-state index in [9.17, 15) is 4.79 Å². The molecule has 0 saturated carbocycles. The molecular weight excluding hydrogens is 479 g/mol. The van der Waals surface area contributed by atoms with Crippen molar-refractivity contribution in [3.8, 4) is 0 Å². The van der Waals surface area contributed by atoms with Crippen LogP contribution >= 0.6 is 24.0 Å². The largest absolute Gasteiger partial charge is 0.461 e. The number of hydrogen-bond acceptors (Lipinski definition) is 6. The van der Waals surface area contributed by atoms with Gasteiger partial charge < -0.3 is 9.84 Å². The number of carbonyl (C=O) groups is 1. The number of H-pyrrole nitrogens is 3. The summed E-state index contributed by atoms with van der Waals surface area (Å²) in [6, 6.07) is 5.64. The summed E-state index contributed by atoms with van der Waals surface area (Å²) in [7, 11) is 0. The molecule has 0 aliphatic heterocycles. The minimum absolute atomic E-state index is 0. The molecule has 0 spiro atoms. The van der Waals surface area contributed by atoms with E-state index in [1.807, 2.05) is 12.1 Å². The highest BCUT2D eigenvalue weighted by molar-refractivity contribution is 6.16. The van der Waals surface area contributed by atoms with E-state index in [-0.39, 0.29) is 25.0 Å². The van der Waals surface area contributed by atoms with Gasteiger partial charge in [0.2, 0.25) is 0 Å². The van der Waals surface area contributed by atoms with Gasteiger partial charge in [0.1, 0.15) is 0 Å². The molecule has 0 fully saturated rings. The molecule has 0 aliphatic rings. The maximum atomic E-state index is 11.2. The Bertz CT molecular complexity index is 866. The van der Waals surface area contributed by atoms with Crippen LogP contribution in [0.1, 0.15) is 85.9 Å². The Morgan fingerprint density at radius 3 is 1.82 bits per heavy atom. The highest BCUT2D eigenvalue weighted by atomic mass is 35.5. The zero-order valence-electron chi connectivity index (χ0n) is 20.5. The molecule has 0 unspecified atom stereocenters. The smallest absolute Gasteiger partial charge is 0.358 e. The van der Waals surface area contributed by atoms with Crippen molar-refractivity contribution < 1.29 is 14.6 Å². The summed E-state index contributed by atoms with van der Waals surface area (Å²) in [4.78, 5) is 11.2. The second-order valence-corrected chi connectivity index (χ2v) is 7.58. The molecule has 0 amide bonds. The van der Waals surface area contributed by atoms with Gasteiger partial charge in [0.15, 0.2) is 5.69 Å². The molecule has 0 atom stereocenters. The lowest BCUT2D eigenvalue weighted by molar-refractivity contribution is 0.0519. The highest BCUT2D eigenvalue weighted by Gasteiger charge is 2.10. The fourth-order valence-corrected chi connectivity index (χ4v) is 2.94. The molecule has 4 N–H and O–H groups in total. The number of nitrogens with one attached hydrogen (secondary N) is 3. The Labute approximate surface area is 212 Å². The minimum atomic E-state index is -0.360. The summed E-state index contributed by atoms with van der Waals surface area (Å²) in [6.07, 6.45) is 6.18. The van der Waals surface area contributed by atoms with Gasteiger partial charge in [0, 0.05) is 5.69 Å². The van der Waals surface area contributed by atoms with Gasteiger partial charge in [-0.15, -0.1) is 24.0 Å². The van der Waals surface area contributed by atoms with Crippen LogP contribution in [-0.4, -0.2) is 48.3 Å². The average Bonchev–Trinajstić information content (AvgIpc) is 3.57. The zero-order valence-corrected chi connectivity index (χ0v) is 22.1. The SMILES string of the molecule is CCCc1cc(C(=O)OCC)n[nH]1.CCCc1cc(CCl)[nH]n1.CCCc1cc(CO)[nH]n1.Cl. The topological polar surface area (TPSA) is 133 Å². The summed E-state index contributed by atoms with van der Waals surface area (Å²) in [5.41, 5.74) is 5.29. The summed E-state index contributed by atoms with van der Waals surface area (Å²) in [6.45, 7) is 8.52. The molecule has 3 heterocycles. The van der Waals surface area contributed by atoms with Crippen LogP contribution in [-0.2, 0) is 36.5 Å². The Morgan fingerprint density at radius 1 is 0.853 bits per heavy atom. The van der Waals surface area contributed by atoms with Crippen molar-refractivity contribution in [1.82, 2.24) is 30.6 Å². The number of carbonyl (C=O) groups excluding carboxylic acids is 1. The Morgan fingerprint density at radius 2 is 1.38 bits per heavy atom. The summed E-state index contributed by atoms with van der Waals surface area (Å²) in [5, 5.41) is 29.0. The number of aromatic nitrogens is 6. The van der Waals surface area contributed by atoms with Crippen molar-refractivity contribution in [1.29, 1.82) is 0 Å². The lowest BCUT2D eigenvalue weighted by Crippen LogP contribution is -2.04. The third kappa shape index (κ3) is 12.2. The van der Waals surface area contributed by atoms with Gasteiger partial charge in [0.25, 0.3) is 0 Å². The van der Waals surface area contributed by atoms with Crippen LogP contribution in [0, 0.1) is 0 Å². The molecule has 9 nitrogen and oxygen atoms in total. The molecule has 3 rings (SSSR count). The van der Waals surface area contributed by atoms with E-state index in [4.69, 9.17) is 21.4 Å². The normalized spacial score (nSPS) is 9.82. The van der Waals surface area contributed by atoms with Gasteiger partial charge in [0.05, 0.1) is 41.9 Å². The van der Waals surface area contributed by atoms with Crippen molar-refractivity contribution in [3.05, 3.63) is 52.4 Å². The summed E-state index contributed by atoms with van der Waals surface area (Å²) >= 11 is 5.57. The van der Waals surface area contributed by atoms with Gasteiger partial charge in [-0.3, -0.25) is 15.3 Å². The first-order valence-electron chi connectivity index (χ1n) is 11.5. The number of aryl methyl sites for hydroxylation is 3. The molecule has 192 valence electrons. The number of nitrogens with zero attached hydrogens (tertiary/aromatic N) is 3. The number of aliphatic hydroxyl groups is 1. The van der Waals surface area contributed by atoms with Crippen molar-refractivity contribution in [2.75, 3.05) is 6.61 Å². The third-order valence-electron chi connectivity index (χ3n) is 4.33. The van der Waals surface area contributed by atoms with Gasteiger partial charge in [-0.2, -0.15) is 15.3 Å². The predicted molar refractivity (Wildman–Crippen MR) is 136 cm³/mol. The van der Waals surface area contributed by atoms with E-state index in [2.05, 4.69) is 51.4 Å². The van der Waals surface area contributed by atoms with E-state index in [1.54, 1.807) is 13.0 Å². The van der Waals surface area contributed by atoms with E-state index < -0.39 is 0 Å². The number of hydrogen-bond donors (Lipinski definition) is 4. The zero-order chi connectivity index (χ0) is 24.5. The maximum absolute atomic E-state index is 11.2. The van der Waals surface area contributed by atoms with Gasteiger partial charge in [-0.1, -0.05) is 40.0 Å². The lowest BCUT2D eigenvalue weighted by Gasteiger charge is -1.95. The number of aliphatic hydroxyl groups excluding tert-OH is 1. The summed E-state index contributed by atoms with van der Waals surface area (Å²) < 4.78 is 4.80. The number of ether oxygens (including phenoxy) is 1. The second kappa shape index (κ2) is 19.0. The fraction of sp³-hybridized carbons (Fsp3) is 0.565. The number of aromatic amines is 3. The molecule has 0 radical (unpaired) electrons. The van der Waals surface area contributed by atoms with Crippen molar-refractivity contribution in [2.24, 2.45) is 0 Å². The molecule has 0 bridgehead atoms. The third-order valence-corrected chi connectivity index (χ3v) is 4.62. The Kier molecular flexibility index (Phi) is 17.7. The fourth-order valence-electron chi connectivity index (χ4n) is 2.81. The van der Waals surface area contributed by atoms with E-state index in [0.29, 0.717) is 18.2 Å². The van der Waals surface area contributed by atoms with Crippen LogP contribution in [0.5, 0.6) is 0 Å². The molecule has 0 aromatic carbocycles. The molecule has 3 aromatic heterocycles. The van der Waals surface area contributed by atoms with Crippen molar-refractivity contribution >= 4 is 30.0 Å². The monoisotopic (exact) mass is 516 g/mol. The van der Waals surface area contributed by atoms with Gasteiger partial charge >= 0.3 is 5.97 Å². The first-order chi connectivity index (χ1) is 16.0. The van der Waals surface area contributed by atoms with Crippen molar-refractivity contribution in [2.45, 2.75) is 78.7 Å². The quantitative estimate of drug-likeness (QED) is 0.223. The standard InChI is InChI=1S/C9H14N2O2.C7H11ClN2.C7H12N2O.ClH/c1-3-5-7-6-8(11-10-7)9(12)13-4-2;1-2-3-6-4-7(5-8)10-9-6;1-2-3-6-4-7(5-10)9-8-6;/h6H,3-5H2,1-2H3,(H,10,11);4H,2-3,5H2,1H3,(H,9,10);4,10H,2-3,5H2,1H3,(H,8,9);1H. The van der Waals surface area contributed by atoms with Crippen LogP contribution in [0.15, 0.2) is 18.2 Å². The van der Waals surface area contributed by atoms with Crippen molar-refractivity contribution in [3.63, 3.8) is 0 Å². The van der Waals surface area contributed by atoms with E-state index >= 15 is 0 Å². The van der Waals surface area contributed by atoms with Gasteiger partial charge in [-0.25, -0.2) is 4.79 Å². The first kappa shape index (κ1) is 31.6. The van der Waals surface area contributed by atoms with Crippen LogP contribution < -0.4 is 0 Å². The molecule has 34 heavy (non-hydrogen) atoms. The van der Waals surface area contributed by atoms with Crippen LogP contribution in [0.2, 0.25) is 0 Å². The lowest BCUT2D eigenvalue weighted by atomic mass is 10.2. The Balaban J connectivity index is 0.000000479. The summed E-state index contributed by atoms with van der Waals surface area (Å²) in [5.74, 6) is 0.164. The first-order valence-corrected chi connectivity index (χ1v) is 12.0. The van der Waals surface area contributed by atoms with E-state index in [1.165, 1.54) is 0 Å².